The molecule has 1 aromatic heterocycles. The smallest absolute Gasteiger partial charge is 0.235 e. The van der Waals surface area contributed by atoms with E-state index >= 15 is 0 Å². The van der Waals surface area contributed by atoms with Gasteiger partial charge in [0.1, 0.15) is 5.75 Å². The van der Waals surface area contributed by atoms with Crippen LogP contribution in [0, 0.1) is 29.1 Å². The summed E-state index contributed by atoms with van der Waals surface area (Å²) in [7, 11) is 3.11. The first-order valence-corrected chi connectivity index (χ1v) is 14.0. The van der Waals surface area contributed by atoms with Crippen LogP contribution in [-0.2, 0) is 32.1 Å². The van der Waals surface area contributed by atoms with Crippen molar-refractivity contribution in [3.63, 3.8) is 0 Å². The number of Topliss-reactive ketones (excluding diaryl/α,β-unsaturated/α-hetero) is 4. The first-order chi connectivity index (χ1) is 19.6. The predicted octanol–water partition coefficient (Wildman–Crippen LogP) is 1.26. The zero-order valence-electron chi connectivity index (χ0n) is 24.4. The molecule has 2 unspecified atom stereocenters. The van der Waals surface area contributed by atoms with E-state index in [2.05, 4.69) is 26.1 Å². The number of amides is 1. The van der Waals surface area contributed by atoms with Gasteiger partial charge in [-0.15, -0.1) is 0 Å². The van der Waals surface area contributed by atoms with Gasteiger partial charge in [-0.3, -0.25) is 28.9 Å². The summed E-state index contributed by atoms with van der Waals surface area (Å²) < 4.78 is 5.32. The van der Waals surface area contributed by atoms with Crippen LogP contribution in [0.2, 0.25) is 0 Å². The van der Waals surface area contributed by atoms with Crippen molar-refractivity contribution in [1.29, 1.82) is 0 Å². The van der Waals surface area contributed by atoms with Crippen molar-refractivity contribution in [3.8, 4) is 16.9 Å². The summed E-state index contributed by atoms with van der Waals surface area (Å²) in [6, 6.07) is 2.40. The van der Waals surface area contributed by atoms with Crippen LogP contribution in [0.4, 0.5) is 0 Å². The van der Waals surface area contributed by atoms with Crippen LogP contribution in [0.5, 0.6) is 5.75 Å². The molecule has 5 rings (SSSR count). The zero-order chi connectivity index (χ0) is 30.9. The maximum Gasteiger partial charge on any atom is 0.235 e. The number of nitrogens with two attached hydrogens (primary N) is 1. The highest BCUT2D eigenvalue weighted by atomic mass is 16.3. The number of phenols is 1. The van der Waals surface area contributed by atoms with E-state index in [1.807, 2.05) is 0 Å². The number of furan rings is 1. The second kappa shape index (κ2) is 10.3. The maximum atomic E-state index is 14.2. The van der Waals surface area contributed by atoms with Crippen LogP contribution < -0.4 is 11.1 Å². The van der Waals surface area contributed by atoms with Crippen LogP contribution in [0.1, 0.15) is 48.7 Å². The number of primary amides is 1. The van der Waals surface area contributed by atoms with E-state index in [0.29, 0.717) is 28.8 Å². The van der Waals surface area contributed by atoms with Crippen molar-refractivity contribution in [2.75, 3.05) is 20.6 Å². The van der Waals surface area contributed by atoms with Gasteiger partial charge in [0.2, 0.25) is 5.91 Å². The van der Waals surface area contributed by atoms with Gasteiger partial charge in [-0.25, -0.2) is 0 Å². The minimum absolute atomic E-state index is 0.00955. The molecule has 0 spiro atoms. The third-order valence-corrected chi connectivity index (χ3v) is 8.94. The Kier molecular flexibility index (Phi) is 7.28. The van der Waals surface area contributed by atoms with Gasteiger partial charge in [0.25, 0.3) is 0 Å². The molecule has 0 bridgehead atoms. The van der Waals surface area contributed by atoms with Crippen molar-refractivity contribution in [3.05, 3.63) is 41.3 Å². The molecule has 2 aromatic rings. The van der Waals surface area contributed by atoms with E-state index in [1.54, 1.807) is 26.2 Å². The van der Waals surface area contributed by atoms with Gasteiger partial charge < -0.3 is 25.7 Å². The molecular formula is C31H37N3O8. The zero-order valence-corrected chi connectivity index (χ0v) is 24.4. The van der Waals surface area contributed by atoms with Gasteiger partial charge in [-0.05, 0) is 61.5 Å². The quantitative estimate of drug-likeness (QED) is 0.364. The number of aliphatic hydroxyl groups is 1. The Morgan fingerprint density at radius 1 is 1.19 bits per heavy atom. The molecule has 42 heavy (non-hydrogen) atoms. The fourth-order valence-electron chi connectivity index (χ4n) is 7.11. The predicted molar refractivity (Wildman–Crippen MR) is 150 cm³/mol. The highest BCUT2D eigenvalue weighted by molar-refractivity contribution is 6.32. The second-order valence-electron chi connectivity index (χ2n) is 13.3. The third-order valence-electron chi connectivity index (χ3n) is 8.94. The SMILES string of the molecule is CN(C)[C@H]1C(=O)C(C(N)=O)C(=O)[C@]2(O)C(=O)C3C(=O)c4c(O)c(CNCC(C)(C)C)cc(-c5ccoc5)c4C[C@@H]3C[C@H]12. The van der Waals surface area contributed by atoms with Crippen LogP contribution in [0.15, 0.2) is 29.1 Å². The molecule has 224 valence electrons. The number of carbonyl (C=O) groups excluding carboxylic acids is 5. The lowest BCUT2D eigenvalue weighted by Crippen LogP contribution is -2.74. The standard InChI is InChI=1S/C31H37N3O8/c1-30(2,3)13-33-11-16-9-17(14-6-7-42-12-14)18-8-15-10-19-23(34(4)5)26(37)22(29(32)40)28(39)31(19,41)27(38)20(15)25(36)21(18)24(16)35/h6-7,9,12,15,19-20,22-23,33,35,41H,8,10-11,13H2,1-5H3,(H2,32,40)/t15-,19-,20?,22?,23-,31-/m1/s1. The summed E-state index contributed by atoms with van der Waals surface area (Å²) in [5.74, 6) is -10.7. The molecule has 0 aliphatic heterocycles. The first-order valence-electron chi connectivity index (χ1n) is 14.0. The van der Waals surface area contributed by atoms with Gasteiger partial charge in [-0.2, -0.15) is 0 Å². The molecule has 1 amide bonds. The average Bonchev–Trinajstić information content (AvgIpc) is 3.41. The second-order valence-corrected chi connectivity index (χ2v) is 13.3. The van der Waals surface area contributed by atoms with Gasteiger partial charge in [0.15, 0.2) is 34.7 Å². The van der Waals surface area contributed by atoms with Crippen molar-refractivity contribution in [2.45, 2.75) is 51.8 Å². The number of benzene rings is 1. The average molecular weight is 580 g/mol. The number of ketones is 4. The topological polar surface area (TPSA) is 180 Å². The van der Waals surface area contributed by atoms with Crippen molar-refractivity contribution < 1.29 is 38.6 Å². The number of hydrogen-bond acceptors (Lipinski definition) is 10. The number of phenolic OH excluding ortho intramolecular Hbond substituents is 1. The monoisotopic (exact) mass is 579 g/mol. The van der Waals surface area contributed by atoms with Gasteiger partial charge in [-0.1, -0.05) is 20.8 Å². The Bertz CT molecular complexity index is 1490. The van der Waals surface area contributed by atoms with Crippen LogP contribution >= 0.6 is 0 Å². The lowest BCUT2D eigenvalue weighted by atomic mass is 9.52. The van der Waals surface area contributed by atoms with E-state index < -0.39 is 64.4 Å². The molecule has 2 saturated carbocycles. The fraction of sp³-hybridized carbons (Fsp3) is 0.516. The molecule has 1 aromatic carbocycles. The number of likely N-dealkylation sites (N-methyl/N-ethyl adjacent to an activating group) is 1. The summed E-state index contributed by atoms with van der Waals surface area (Å²) in [4.78, 5) is 68.7. The van der Waals surface area contributed by atoms with Crippen molar-refractivity contribution >= 4 is 29.0 Å². The Morgan fingerprint density at radius 2 is 1.88 bits per heavy atom. The van der Waals surface area contributed by atoms with E-state index in [9.17, 15) is 34.2 Å². The van der Waals surface area contributed by atoms with Crippen LogP contribution in [0.25, 0.3) is 11.1 Å². The number of nitrogens with one attached hydrogen (secondary N) is 1. The number of nitrogens with zero attached hydrogens (tertiary/aromatic N) is 1. The van der Waals surface area contributed by atoms with Crippen molar-refractivity contribution in [2.24, 2.45) is 34.8 Å². The van der Waals surface area contributed by atoms with Crippen LogP contribution in [-0.4, -0.2) is 76.4 Å². The van der Waals surface area contributed by atoms with E-state index in [0.717, 1.165) is 0 Å². The first kappa shape index (κ1) is 29.8. The Morgan fingerprint density at radius 3 is 2.45 bits per heavy atom. The van der Waals surface area contributed by atoms with E-state index in [1.165, 1.54) is 17.4 Å². The highest BCUT2D eigenvalue weighted by Gasteiger charge is 2.69. The molecule has 0 radical (unpaired) electrons. The largest absolute Gasteiger partial charge is 0.507 e. The van der Waals surface area contributed by atoms with Crippen molar-refractivity contribution in [1.82, 2.24) is 10.2 Å². The molecule has 5 N–H and O–H groups in total. The summed E-state index contributed by atoms with van der Waals surface area (Å²) in [6.07, 6.45) is 3.20. The number of carbonyl (C=O) groups is 5. The lowest BCUT2D eigenvalue weighted by molar-refractivity contribution is -0.181. The lowest BCUT2D eigenvalue weighted by Gasteiger charge is -2.52. The van der Waals surface area contributed by atoms with Gasteiger partial charge in [0.05, 0.1) is 30.0 Å². The third kappa shape index (κ3) is 4.50. The van der Waals surface area contributed by atoms with E-state index in [4.69, 9.17) is 10.2 Å². The summed E-state index contributed by atoms with van der Waals surface area (Å²) in [6.45, 7) is 7.05. The van der Waals surface area contributed by atoms with Gasteiger partial charge >= 0.3 is 0 Å². The minimum atomic E-state index is -2.76. The molecule has 11 heteroatoms. The normalized spacial score (nSPS) is 29.4. The van der Waals surface area contributed by atoms with Crippen LogP contribution in [0.3, 0.4) is 0 Å². The maximum absolute atomic E-state index is 14.2. The molecule has 1 heterocycles. The fourth-order valence-corrected chi connectivity index (χ4v) is 7.11. The molecule has 3 aliphatic carbocycles. The molecular weight excluding hydrogens is 542 g/mol. The molecule has 6 atom stereocenters. The molecule has 0 saturated heterocycles. The Labute approximate surface area is 243 Å². The Hall–Kier alpha value is -3.67. The molecule has 2 fully saturated rings. The van der Waals surface area contributed by atoms with E-state index in [-0.39, 0.29) is 36.1 Å². The number of aromatic hydroxyl groups is 1. The number of rotatable bonds is 6. The molecule has 11 nitrogen and oxygen atoms in total. The molecule has 3 aliphatic rings. The summed E-state index contributed by atoms with van der Waals surface area (Å²) >= 11 is 0. The highest BCUT2D eigenvalue weighted by Crippen LogP contribution is 2.52. The number of hydrogen-bond donors (Lipinski definition) is 4. The summed E-state index contributed by atoms with van der Waals surface area (Å²) in [5.41, 5.74) is 4.89. The van der Waals surface area contributed by atoms with Gasteiger partial charge in [0, 0.05) is 30.1 Å². The number of fused-ring (bicyclic) bond motifs is 3. The summed E-state index contributed by atoms with van der Waals surface area (Å²) in [5, 5.41) is 26.5. The minimum Gasteiger partial charge on any atom is -0.507 e. The Balaban J connectivity index is 1.63.